The number of likely N-dealkylation sites (tertiary alicyclic amines) is 1. The average Bonchev–Trinajstić information content (AvgIpc) is 3.03. The molecule has 0 saturated carbocycles. The van der Waals surface area contributed by atoms with Crippen molar-refractivity contribution in [1.82, 2.24) is 9.88 Å². The number of hydrogen-bond donors (Lipinski definition) is 2. The molecule has 1 aliphatic heterocycles. The van der Waals surface area contributed by atoms with Crippen molar-refractivity contribution < 1.29 is 4.79 Å². The number of primary amides is 1. The highest BCUT2D eigenvalue weighted by Crippen LogP contribution is 2.26. The number of nitrogens with one attached hydrogen (secondary N) is 1. The lowest BCUT2D eigenvalue weighted by Crippen LogP contribution is -2.19. The summed E-state index contributed by atoms with van der Waals surface area (Å²) in [4.78, 5) is 18.0. The van der Waals surface area contributed by atoms with Crippen molar-refractivity contribution in [2.75, 3.05) is 18.4 Å². The van der Waals surface area contributed by atoms with Crippen LogP contribution < -0.4 is 11.1 Å². The predicted octanol–water partition coefficient (Wildman–Crippen LogP) is 3.14. The molecule has 23 heavy (non-hydrogen) atoms. The number of urea groups is 1. The number of nitrogens with zero attached hydrogens (tertiary/aromatic N) is 2. The van der Waals surface area contributed by atoms with E-state index in [9.17, 15) is 4.79 Å². The fourth-order valence-electron chi connectivity index (χ4n) is 3.00. The Bertz CT molecular complexity index is 691. The molecular weight excluding hydrogens is 288 g/mol. The predicted molar refractivity (Wildman–Crippen MR) is 92.1 cm³/mol. The van der Waals surface area contributed by atoms with E-state index in [1.165, 1.54) is 25.9 Å². The number of carbonyl (C=O) groups is 1. The Morgan fingerprint density at radius 2 is 2.04 bits per heavy atom. The minimum Gasteiger partial charge on any atom is -0.351 e. The number of anilines is 1. The van der Waals surface area contributed by atoms with Crippen molar-refractivity contribution in [2.24, 2.45) is 5.73 Å². The largest absolute Gasteiger partial charge is 0.351 e. The first-order valence-electron chi connectivity index (χ1n) is 7.96. The van der Waals surface area contributed by atoms with Crippen molar-refractivity contribution in [3.05, 3.63) is 47.8 Å². The third kappa shape index (κ3) is 3.87. The number of hydrogen-bond acceptors (Lipinski definition) is 3. The number of pyridine rings is 1. The summed E-state index contributed by atoms with van der Waals surface area (Å²) >= 11 is 0. The van der Waals surface area contributed by atoms with E-state index < -0.39 is 6.03 Å². The Kier molecular flexibility index (Phi) is 4.57. The van der Waals surface area contributed by atoms with Crippen LogP contribution in [0.4, 0.5) is 10.5 Å². The Balaban J connectivity index is 1.79. The van der Waals surface area contributed by atoms with Gasteiger partial charge in [0.2, 0.25) is 0 Å². The lowest BCUT2D eigenvalue weighted by molar-refractivity contribution is 0.259. The molecule has 1 saturated heterocycles. The van der Waals surface area contributed by atoms with Crippen LogP contribution in [0.25, 0.3) is 11.1 Å². The highest BCUT2D eigenvalue weighted by molar-refractivity contribution is 5.89. The summed E-state index contributed by atoms with van der Waals surface area (Å²) in [6.07, 6.45) is 4.48. The summed E-state index contributed by atoms with van der Waals surface area (Å²) in [7, 11) is 0. The standard InChI is InChI=1S/C18H22N4O/c1-13-4-6-15(21-18(19)23)10-17(13)14-5-7-16(20-11-14)12-22-8-2-3-9-22/h4-7,10-11H,2-3,8-9,12H2,1H3,(H3,19,21,23). The van der Waals surface area contributed by atoms with Gasteiger partial charge >= 0.3 is 6.03 Å². The van der Waals surface area contributed by atoms with E-state index in [-0.39, 0.29) is 0 Å². The van der Waals surface area contributed by atoms with E-state index in [1.54, 1.807) is 0 Å². The SMILES string of the molecule is Cc1ccc(NC(N)=O)cc1-c1ccc(CN2CCCC2)nc1. The molecule has 5 heteroatoms. The quantitative estimate of drug-likeness (QED) is 0.911. The van der Waals surface area contributed by atoms with E-state index >= 15 is 0 Å². The van der Waals surface area contributed by atoms with Gasteiger partial charge in [-0.1, -0.05) is 12.1 Å². The summed E-state index contributed by atoms with van der Waals surface area (Å²) in [6.45, 7) is 5.30. The highest BCUT2D eigenvalue weighted by atomic mass is 16.2. The maximum atomic E-state index is 11.0. The molecule has 2 heterocycles. The third-order valence-corrected chi connectivity index (χ3v) is 4.23. The number of carbonyl (C=O) groups excluding carboxylic acids is 1. The van der Waals surface area contributed by atoms with Gasteiger partial charge in [-0.25, -0.2) is 4.79 Å². The van der Waals surface area contributed by atoms with Crippen LogP contribution in [0.5, 0.6) is 0 Å². The van der Waals surface area contributed by atoms with Crippen molar-refractivity contribution in [3.8, 4) is 11.1 Å². The molecule has 3 rings (SSSR count). The number of rotatable bonds is 4. The van der Waals surface area contributed by atoms with Gasteiger partial charge < -0.3 is 11.1 Å². The molecule has 5 nitrogen and oxygen atoms in total. The second-order valence-corrected chi connectivity index (χ2v) is 6.04. The zero-order valence-corrected chi connectivity index (χ0v) is 13.4. The van der Waals surface area contributed by atoms with Gasteiger partial charge in [-0.3, -0.25) is 9.88 Å². The molecule has 120 valence electrons. The summed E-state index contributed by atoms with van der Waals surface area (Å²) in [5.74, 6) is 0. The van der Waals surface area contributed by atoms with Gasteiger partial charge in [0.25, 0.3) is 0 Å². The fourth-order valence-corrected chi connectivity index (χ4v) is 3.00. The van der Waals surface area contributed by atoms with Gasteiger partial charge in [0.1, 0.15) is 0 Å². The monoisotopic (exact) mass is 310 g/mol. The van der Waals surface area contributed by atoms with E-state index in [0.717, 1.165) is 28.9 Å². The van der Waals surface area contributed by atoms with Crippen molar-refractivity contribution in [3.63, 3.8) is 0 Å². The molecule has 0 radical (unpaired) electrons. The molecule has 0 spiro atoms. The molecule has 1 aliphatic rings. The van der Waals surface area contributed by atoms with Gasteiger partial charge in [0.15, 0.2) is 0 Å². The van der Waals surface area contributed by atoms with Crippen LogP contribution in [0.1, 0.15) is 24.1 Å². The number of amides is 2. The van der Waals surface area contributed by atoms with Crippen LogP contribution in [0, 0.1) is 6.92 Å². The smallest absolute Gasteiger partial charge is 0.316 e. The zero-order chi connectivity index (χ0) is 16.2. The zero-order valence-electron chi connectivity index (χ0n) is 13.4. The van der Waals surface area contributed by atoms with Crippen LogP contribution in [-0.4, -0.2) is 29.0 Å². The molecule has 2 aromatic rings. The summed E-state index contributed by atoms with van der Waals surface area (Å²) in [5, 5.41) is 2.61. The summed E-state index contributed by atoms with van der Waals surface area (Å²) in [5.41, 5.74) is 10.2. The van der Waals surface area contributed by atoms with Gasteiger partial charge in [0.05, 0.1) is 5.69 Å². The first-order chi connectivity index (χ1) is 11.1. The van der Waals surface area contributed by atoms with Crippen molar-refractivity contribution in [1.29, 1.82) is 0 Å². The van der Waals surface area contributed by atoms with Gasteiger partial charge in [-0.15, -0.1) is 0 Å². The number of benzene rings is 1. The van der Waals surface area contributed by atoms with Crippen LogP contribution in [0.3, 0.4) is 0 Å². The molecule has 0 bridgehead atoms. The average molecular weight is 310 g/mol. The van der Waals surface area contributed by atoms with E-state index in [1.807, 2.05) is 31.3 Å². The van der Waals surface area contributed by atoms with Gasteiger partial charge in [-0.05, 0) is 62.2 Å². The van der Waals surface area contributed by atoms with Crippen LogP contribution in [-0.2, 0) is 6.54 Å². The second-order valence-electron chi connectivity index (χ2n) is 6.04. The maximum Gasteiger partial charge on any atom is 0.316 e. The third-order valence-electron chi connectivity index (χ3n) is 4.23. The Morgan fingerprint density at radius 1 is 1.26 bits per heavy atom. The van der Waals surface area contributed by atoms with Crippen LogP contribution in [0.2, 0.25) is 0 Å². The minimum absolute atomic E-state index is 0.557. The lowest BCUT2D eigenvalue weighted by atomic mass is 10.0. The molecule has 0 atom stereocenters. The number of nitrogens with two attached hydrogens (primary N) is 1. The van der Waals surface area contributed by atoms with Crippen LogP contribution >= 0.6 is 0 Å². The molecule has 2 amide bonds. The Morgan fingerprint density at radius 3 is 2.70 bits per heavy atom. The molecule has 1 aromatic heterocycles. The molecular formula is C18H22N4O. The molecule has 0 unspecified atom stereocenters. The molecule has 0 aliphatic carbocycles. The first-order valence-corrected chi connectivity index (χ1v) is 7.96. The van der Waals surface area contributed by atoms with E-state index in [0.29, 0.717) is 5.69 Å². The van der Waals surface area contributed by atoms with Crippen molar-refractivity contribution in [2.45, 2.75) is 26.3 Å². The molecule has 3 N–H and O–H groups in total. The minimum atomic E-state index is -0.557. The fraction of sp³-hybridized carbons (Fsp3) is 0.333. The highest BCUT2D eigenvalue weighted by Gasteiger charge is 2.12. The maximum absolute atomic E-state index is 11.0. The molecule has 1 aromatic carbocycles. The molecule has 1 fully saturated rings. The lowest BCUT2D eigenvalue weighted by Gasteiger charge is -2.14. The number of aromatic nitrogens is 1. The van der Waals surface area contributed by atoms with Crippen molar-refractivity contribution >= 4 is 11.7 Å². The first kappa shape index (κ1) is 15.5. The summed E-state index contributed by atoms with van der Waals surface area (Å²) < 4.78 is 0. The Labute approximate surface area is 136 Å². The Hall–Kier alpha value is -2.40. The number of aryl methyl sites for hydroxylation is 1. The summed E-state index contributed by atoms with van der Waals surface area (Å²) in [6, 6.07) is 9.36. The van der Waals surface area contributed by atoms with Crippen LogP contribution in [0.15, 0.2) is 36.5 Å². The van der Waals surface area contributed by atoms with Gasteiger partial charge in [0, 0.05) is 24.0 Å². The van der Waals surface area contributed by atoms with E-state index in [2.05, 4.69) is 27.3 Å². The topological polar surface area (TPSA) is 71.2 Å². The van der Waals surface area contributed by atoms with Gasteiger partial charge in [-0.2, -0.15) is 0 Å². The second kappa shape index (κ2) is 6.79. The normalized spacial score (nSPS) is 14.8. The van der Waals surface area contributed by atoms with E-state index in [4.69, 9.17) is 5.73 Å².